The number of aromatic nitrogens is 2. The topological polar surface area (TPSA) is 25.8 Å². The van der Waals surface area contributed by atoms with E-state index in [2.05, 4.69) is 173 Å². The number of aryl methyl sites for hydroxylation is 1. The number of hydrogen-bond donors (Lipinski definition) is 0. The first-order chi connectivity index (χ1) is 27.0. The van der Waals surface area contributed by atoms with E-state index in [9.17, 15) is 0 Å². The predicted octanol–water partition coefficient (Wildman–Crippen LogP) is 14.6. The molecular formula is C52H36N2S. The van der Waals surface area contributed by atoms with Crippen LogP contribution in [0.25, 0.3) is 98.9 Å². The Kier molecular flexibility index (Phi) is 7.79. The zero-order chi connectivity index (χ0) is 37.2. The van der Waals surface area contributed by atoms with Gasteiger partial charge in [0.05, 0.1) is 22.4 Å². The van der Waals surface area contributed by atoms with E-state index >= 15 is 0 Å². The van der Waals surface area contributed by atoms with Gasteiger partial charge in [-0.2, -0.15) is 0 Å². The number of nitrogens with zero attached hydrogens (tertiary/aromatic N) is 2. The molecule has 0 radical (unpaired) electrons. The molecule has 0 bridgehead atoms. The highest BCUT2D eigenvalue weighted by atomic mass is 32.1. The van der Waals surface area contributed by atoms with Crippen LogP contribution in [0.3, 0.4) is 0 Å². The van der Waals surface area contributed by atoms with Gasteiger partial charge in [-0.3, -0.25) is 0 Å². The number of benzene rings is 6. The minimum absolute atomic E-state index is 0.946. The Balaban J connectivity index is 1.06. The molecule has 0 unspecified atom stereocenters. The summed E-state index contributed by atoms with van der Waals surface area (Å²) in [5, 5.41) is 5.88. The summed E-state index contributed by atoms with van der Waals surface area (Å²) >= 11 is 1.85. The molecule has 2 nitrogen and oxygen atoms in total. The molecule has 0 fully saturated rings. The molecule has 260 valence electrons. The summed E-state index contributed by atoms with van der Waals surface area (Å²) in [6.07, 6.45) is 6.44. The minimum Gasteiger partial charge on any atom is -0.247 e. The maximum absolute atomic E-state index is 5.28. The van der Waals surface area contributed by atoms with Crippen LogP contribution in [0.4, 0.5) is 0 Å². The Bertz CT molecular complexity index is 3140. The number of para-hydroxylation sites is 1. The lowest BCUT2D eigenvalue weighted by Crippen LogP contribution is -1.96. The Morgan fingerprint density at radius 3 is 2.09 bits per heavy atom. The molecule has 0 amide bonds. The largest absolute Gasteiger partial charge is 0.247 e. The first-order valence-electron chi connectivity index (χ1n) is 18.6. The van der Waals surface area contributed by atoms with Gasteiger partial charge in [-0.1, -0.05) is 141 Å². The van der Waals surface area contributed by atoms with Crippen molar-refractivity contribution in [2.24, 2.45) is 0 Å². The van der Waals surface area contributed by atoms with Gasteiger partial charge in [0.25, 0.3) is 0 Å². The average molecular weight is 721 g/mol. The van der Waals surface area contributed by atoms with E-state index in [4.69, 9.17) is 9.97 Å². The van der Waals surface area contributed by atoms with Crippen molar-refractivity contribution in [3.05, 3.63) is 192 Å². The fourth-order valence-corrected chi connectivity index (χ4v) is 9.54. The van der Waals surface area contributed by atoms with Crippen LogP contribution in [0.1, 0.15) is 34.7 Å². The van der Waals surface area contributed by atoms with Crippen molar-refractivity contribution in [2.75, 3.05) is 0 Å². The highest BCUT2D eigenvalue weighted by molar-refractivity contribution is 7.22. The van der Waals surface area contributed by atoms with Gasteiger partial charge in [-0.05, 0) is 93.7 Å². The fraction of sp³-hybridized carbons (Fsp3) is 0.0385. The van der Waals surface area contributed by atoms with Crippen molar-refractivity contribution in [3.8, 4) is 33.0 Å². The molecule has 10 rings (SSSR count). The highest BCUT2D eigenvalue weighted by Crippen LogP contribution is 2.46. The van der Waals surface area contributed by atoms with E-state index < -0.39 is 0 Å². The Labute approximate surface area is 324 Å². The van der Waals surface area contributed by atoms with Crippen molar-refractivity contribution in [2.45, 2.75) is 13.8 Å². The molecule has 0 N–H and O–H groups in total. The summed E-state index contributed by atoms with van der Waals surface area (Å²) in [4.78, 5) is 11.7. The summed E-state index contributed by atoms with van der Waals surface area (Å²) in [5.74, 6) is 0. The van der Waals surface area contributed by atoms with Crippen molar-refractivity contribution >= 4 is 77.3 Å². The van der Waals surface area contributed by atoms with Gasteiger partial charge < -0.3 is 0 Å². The van der Waals surface area contributed by atoms with Crippen molar-refractivity contribution in [1.29, 1.82) is 0 Å². The molecule has 55 heavy (non-hydrogen) atoms. The van der Waals surface area contributed by atoms with E-state index in [1.165, 1.54) is 31.5 Å². The van der Waals surface area contributed by atoms with E-state index in [0.29, 0.717) is 0 Å². The zero-order valence-corrected chi connectivity index (χ0v) is 31.5. The third-order valence-corrected chi connectivity index (χ3v) is 12.5. The molecule has 0 aliphatic heterocycles. The molecule has 0 spiro atoms. The first-order valence-corrected chi connectivity index (χ1v) is 19.4. The Morgan fingerprint density at radius 1 is 0.600 bits per heavy atom. The van der Waals surface area contributed by atoms with Crippen LogP contribution in [0.5, 0.6) is 0 Å². The quantitative estimate of drug-likeness (QED) is 0.177. The van der Waals surface area contributed by atoms with Gasteiger partial charge in [0, 0.05) is 48.2 Å². The summed E-state index contributed by atoms with van der Waals surface area (Å²) in [7, 11) is 0. The maximum Gasteiger partial charge on any atom is 0.0793 e. The second-order valence-electron chi connectivity index (χ2n) is 14.3. The lowest BCUT2D eigenvalue weighted by atomic mass is 9.90. The third kappa shape index (κ3) is 5.39. The van der Waals surface area contributed by atoms with Crippen LogP contribution in [-0.4, -0.2) is 9.97 Å². The summed E-state index contributed by atoms with van der Waals surface area (Å²) < 4.78 is 1.29. The third-order valence-electron chi connectivity index (χ3n) is 11.2. The van der Waals surface area contributed by atoms with Gasteiger partial charge >= 0.3 is 0 Å². The van der Waals surface area contributed by atoms with Gasteiger partial charge in [0.1, 0.15) is 0 Å². The molecule has 1 aliphatic carbocycles. The fourth-order valence-electron chi connectivity index (χ4n) is 8.25. The molecule has 3 heterocycles. The molecule has 3 heteroatoms. The van der Waals surface area contributed by atoms with E-state index in [-0.39, 0.29) is 0 Å². The highest BCUT2D eigenvalue weighted by Gasteiger charge is 2.22. The van der Waals surface area contributed by atoms with E-state index in [1.54, 1.807) is 0 Å². The van der Waals surface area contributed by atoms with Gasteiger partial charge in [-0.15, -0.1) is 11.3 Å². The smallest absolute Gasteiger partial charge is 0.0793 e. The number of hydrogen-bond acceptors (Lipinski definition) is 3. The monoisotopic (exact) mass is 720 g/mol. The normalized spacial score (nSPS) is 12.9. The second kappa shape index (κ2) is 13.0. The number of allylic oxidation sites excluding steroid dienone is 4. The lowest BCUT2D eigenvalue weighted by molar-refractivity contribution is 1.38. The average Bonchev–Trinajstić information content (AvgIpc) is 3.50. The molecule has 9 aromatic rings. The number of thiophene rings is 1. The number of fused-ring (bicyclic) bond motifs is 6. The van der Waals surface area contributed by atoms with Crippen LogP contribution in [0, 0.1) is 6.92 Å². The van der Waals surface area contributed by atoms with Crippen LogP contribution in [-0.2, 0) is 0 Å². The zero-order valence-electron chi connectivity index (χ0n) is 30.7. The van der Waals surface area contributed by atoms with Crippen LogP contribution in [0.15, 0.2) is 164 Å². The number of pyridine rings is 2. The van der Waals surface area contributed by atoms with Gasteiger partial charge in [-0.25, -0.2) is 9.97 Å². The molecule has 1 aliphatic rings. The molecule has 6 aromatic carbocycles. The summed E-state index contributed by atoms with van der Waals surface area (Å²) in [5.41, 5.74) is 16.3. The first kappa shape index (κ1) is 32.9. The van der Waals surface area contributed by atoms with Crippen molar-refractivity contribution in [3.63, 3.8) is 0 Å². The summed E-state index contributed by atoms with van der Waals surface area (Å²) in [6.45, 7) is 13.4. The summed E-state index contributed by atoms with van der Waals surface area (Å²) in [6, 6.07) is 49.6. The second-order valence-corrected chi connectivity index (χ2v) is 15.4. The van der Waals surface area contributed by atoms with Crippen LogP contribution >= 0.6 is 11.3 Å². The van der Waals surface area contributed by atoms with Gasteiger partial charge in [0.15, 0.2) is 0 Å². The van der Waals surface area contributed by atoms with Crippen molar-refractivity contribution < 1.29 is 0 Å². The van der Waals surface area contributed by atoms with E-state index in [0.717, 1.165) is 88.7 Å². The minimum atomic E-state index is 0.946. The Hall–Kier alpha value is -6.68. The van der Waals surface area contributed by atoms with Crippen LogP contribution < -0.4 is 0 Å². The van der Waals surface area contributed by atoms with Crippen molar-refractivity contribution in [1.82, 2.24) is 9.97 Å². The molecular weight excluding hydrogens is 685 g/mol. The van der Waals surface area contributed by atoms with E-state index in [1.807, 2.05) is 23.5 Å². The molecule has 0 atom stereocenters. The predicted molar refractivity (Wildman–Crippen MR) is 238 cm³/mol. The standard InChI is InChI=1S/C52H36N2S/c1-5-41-49(52-33(4)43-15-10-12-18-47(43)55-52)44-16-9-11-17-46(44)54-50(41)40-24-22-37-29-39(23-21-38(37)30-40)42-27-25-35-19-20-36-26-28-45(34-13-7-6-8-14-34)53-51(36)48(35)32(3)31(42)2/h5-30H,1,3H2,2,4H3. The molecule has 0 saturated carbocycles. The van der Waals surface area contributed by atoms with Crippen LogP contribution in [0.2, 0.25) is 0 Å². The maximum atomic E-state index is 5.28. The SMILES string of the molecule is C=Cc1c(-c2ccc3cc(C4=C(C)C(=C)c5c(ccc6ccc(-c7ccccc7)nc56)C=C4)ccc3c2)nc2ccccc2c1-c1sc2ccccc2c1C. The number of rotatable bonds is 5. The molecule has 0 saturated heterocycles. The molecule has 3 aromatic heterocycles. The van der Waals surface area contributed by atoms with Gasteiger partial charge in [0.2, 0.25) is 0 Å². The Morgan fingerprint density at radius 2 is 1.29 bits per heavy atom. The lowest BCUT2D eigenvalue weighted by Gasteiger charge is -2.16.